The average Bonchev–Trinajstić information content (AvgIpc) is 3.01. The minimum atomic E-state index is -0.524. The van der Waals surface area contributed by atoms with E-state index in [-0.39, 0.29) is 0 Å². The molecule has 0 saturated heterocycles. The summed E-state index contributed by atoms with van der Waals surface area (Å²) in [5, 5.41) is 19.0. The summed E-state index contributed by atoms with van der Waals surface area (Å²) in [5.74, 6) is 0.717. The second kappa shape index (κ2) is 7.34. The predicted octanol–water partition coefficient (Wildman–Crippen LogP) is 0.544. The van der Waals surface area contributed by atoms with E-state index in [0.717, 1.165) is 4.88 Å². The first kappa shape index (κ1) is 14.1. The molecule has 19 heavy (non-hydrogen) atoms. The van der Waals surface area contributed by atoms with E-state index in [1.807, 2.05) is 24.6 Å². The van der Waals surface area contributed by atoms with Crippen molar-refractivity contribution in [2.75, 3.05) is 13.2 Å². The SMILES string of the molecule is Cn1cnc(CNCC(O)COCc2cccs2)n1. The predicted molar refractivity (Wildman–Crippen MR) is 72.7 cm³/mol. The Morgan fingerprint density at radius 2 is 2.47 bits per heavy atom. The van der Waals surface area contributed by atoms with Crippen LogP contribution in [0.25, 0.3) is 0 Å². The van der Waals surface area contributed by atoms with Crippen LogP contribution < -0.4 is 5.32 Å². The van der Waals surface area contributed by atoms with Crippen LogP contribution >= 0.6 is 11.3 Å². The number of aliphatic hydroxyl groups is 1. The Hall–Kier alpha value is -1.28. The Labute approximate surface area is 116 Å². The van der Waals surface area contributed by atoms with E-state index in [1.165, 1.54) is 0 Å². The number of aryl methyl sites for hydroxylation is 1. The van der Waals surface area contributed by atoms with Gasteiger partial charge in [0.05, 0.1) is 25.9 Å². The van der Waals surface area contributed by atoms with Gasteiger partial charge in [0.15, 0.2) is 5.82 Å². The van der Waals surface area contributed by atoms with E-state index >= 15 is 0 Å². The van der Waals surface area contributed by atoms with Crippen LogP contribution in [0.4, 0.5) is 0 Å². The monoisotopic (exact) mass is 282 g/mol. The van der Waals surface area contributed by atoms with Gasteiger partial charge < -0.3 is 15.2 Å². The Bertz CT molecular complexity index is 472. The number of thiophene rings is 1. The molecule has 7 heteroatoms. The van der Waals surface area contributed by atoms with Crippen molar-refractivity contribution < 1.29 is 9.84 Å². The van der Waals surface area contributed by atoms with Crippen molar-refractivity contribution in [1.82, 2.24) is 20.1 Å². The van der Waals surface area contributed by atoms with Crippen molar-refractivity contribution in [3.8, 4) is 0 Å². The summed E-state index contributed by atoms with van der Waals surface area (Å²) < 4.78 is 7.08. The van der Waals surface area contributed by atoms with Gasteiger partial charge in [0, 0.05) is 18.5 Å². The van der Waals surface area contributed by atoms with Crippen molar-refractivity contribution in [1.29, 1.82) is 0 Å². The molecular weight excluding hydrogens is 264 g/mol. The number of aliphatic hydroxyl groups excluding tert-OH is 1. The topological polar surface area (TPSA) is 72.2 Å². The van der Waals surface area contributed by atoms with Crippen LogP contribution in [-0.4, -0.2) is 39.1 Å². The normalized spacial score (nSPS) is 12.7. The average molecular weight is 282 g/mol. The first-order chi connectivity index (χ1) is 9.24. The second-order valence-corrected chi connectivity index (χ2v) is 5.25. The Balaban J connectivity index is 1.55. The number of nitrogens with one attached hydrogen (secondary N) is 1. The van der Waals surface area contributed by atoms with E-state index in [9.17, 15) is 5.11 Å². The zero-order valence-electron chi connectivity index (χ0n) is 10.8. The highest BCUT2D eigenvalue weighted by Crippen LogP contribution is 2.09. The van der Waals surface area contributed by atoms with Crippen molar-refractivity contribution in [2.24, 2.45) is 7.05 Å². The summed E-state index contributed by atoms with van der Waals surface area (Å²) in [7, 11) is 1.82. The van der Waals surface area contributed by atoms with Crippen molar-refractivity contribution in [2.45, 2.75) is 19.3 Å². The molecule has 2 aromatic heterocycles. The van der Waals surface area contributed by atoms with E-state index in [4.69, 9.17) is 4.74 Å². The molecule has 2 aromatic rings. The van der Waals surface area contributed by atoms with Crippen LogP contribution in [0, 0.1) is 0 Å². The van der Waals surface area contributed by atoms with Crippen molar-refractivity contribution in [3.05, 3.63) is 34.5 Å². The Kier molecular flexibility index (Phi) is 5.46. The summed E-state index contributed by atoms with van der Waals surface area (Å²) in [6.45, 7) is 1.88. The van der Waals surface area contributed by atoms with Gasteiger partial charge in [-0.3, -0.25) is 4.68 Å². The van der Waals surface area contributed by atoms with Crippen LogP contribution in [0.1, 0.15) is 10.7 Å². The number of ether oxygens (including phenoxy) is 1. The number of aromatic nitrogens is 3. The third-order valence-corrected chi connectivity index (χ3v) is 3.29. The molecule has 1 atom stereocenters. The number of hydrogen-bond donors (Lipinski definition) is 2. The Morgan fingerprint density at radius 3 is 3.16 bits per heavy atom. The van der Waals surface area contributed by atoms with Crippen LogP contribution in [0.15, 0.2) is 23.8 Å². The molecule has 0 aromatic carbocycles. The quantitative estimate of drug-likeness (QED) is 0.739. The van der Waals surface area contributed by atoms with Gasteiger partial charge in [0.25, 0.3) is 0 Å². The van der Waals surface area contributed by atoms with Crippen molar-refractivity contribution in [3.63, 3.8) is 0 Å². The van der Waals surface area contributed by atoms with Gasteiger partial charge >= 0.3 is 0 Å². The summed E-state index contributed by atoms with van der Waals surface area (Å²) in [5.41, 5.74) is 0. The van der Waals surface area contributed by atoms with Gasteiger partial charge in [-0.2, -0.15) is 5.10 Å². The third-order valence-electron chi connectivity index (χ3n) is 2.44. The molecule has 2 rings (SSSR count). The van der Waals surface area contributed by atoms with Gasteiger partial charge in [-0.05, 0) is 11.4 Å². The van der Waals surface area contributed by atoms with Crippen LogP contribution in [0.3, 0.4) is 0 Å². The maximum absolute atomic E-state index is 9.73. The maximum atomic E-state index is 9.73. The molecule has 1 unspecified atom stereocenters. The molecule has 0 aliphatic carbocycles. The van der Waals surface area contributed by atoms with E-state index in [0.29, 0.717) is 32.1 Å². The highest BCUT2D eigenvalue weighted by molar-refractivity contribution is 7.09. The van der Waals surface area contributed by atoms with E-state index < -0.39 is 6.10 Å². The summed E-state index contributed by atoms with van der Waals surface area (Å²) >= 11 is 1.65. The molecule has 0 amide bonds. The fourth-order valence-electron chi connectivity index (χ4n) is 1.56. The first-order valence-corrected chi connectivity index (χ1v) is 6.95. The lowest BCUT2D eigenvalue weighted by Crippen LogP contribution is -2.30. The number of hydrogen-bond acceptors (Lipinski definition) is 6. The zero-order chi connectivity index (χ0) is 13.5. The lowest BCUT2D eigenvalue weighted by Gasteiger charge is -2.11. The lowest BCUT2D eigenvalue weighted by molar-refractivity contribution is 0.0296. The molecule has 104 valence electrons. The highest BCUT2D eigenvalue weighted by Gasteiger charge is 2.05. The fourth-order valence-corrected chi connectivity index (χ4v) is 2.21. The molecule has 0 fully saturated rings. The molecule has 0 aliphatic rings. The number of nitrogens with zero attached hydrogens (tertiary/aromatic N) is 3. The molecule has 0 saturated carbocycles. The molecule has 2 heterocycles. The van der Waals surface area contributed by atoms with Crippen LogP contribution in [0.2, 0.25) is 0 Å². The molecule has 0 radical (unpaired) electrons. The smallest absolute Gasteiger partial charge is 0.164 e. The van der Waals surface area contributed by atoms with Gasteiger partial charge in [0.1, 0.15) is 6.33 Å². The van der Waals surface area contributed by atoms with Gasteiger partial charge in [-0.1, -0.05) is 6.07 Å². The number of rotatable bonds is 8. The largest absolute Gasteiger partial charge is 0.389 e. The third kappa shape index (κ3) is 5.07. The highest BCUT2D eigenvalue weighted by atomic mass is 32.1. The molecule has 0 bridgehead atoms. The second-order valence-electron chi connectivity index (χ2n) is 4.21. The molecule has 0 aliphatic heterocycles. The fraction of sp³-hybridized carbons (Fsp3) is 0.500. The van der Waals surface area contributed by atoms with E-state index in [2.05, 4.69) is 15.4 Å². The summed E-state index contributed by atoms with van der Waals surface area (Å²) in [4.78, 5) is 5.25. The molecule has 2 N–H and O–H groups in total. The lowest BCUT2D eigenvalue weighted by atomic mass is 10.3. The van der Waals surface area contributed by atoms with E-state index in [1.54, 1.807) is 22.3 Å². The molecule has 0 spiro atoms. The van der Waals surface area contributed by atoms with Gasteiger partial charge in [0.2, 0.25) is 0 Å². The van der Waals surface area contributed by atoms with Gasteiger partial charge in [-0.15, -0.1) is 11.3 Å². The Morgan fingerprint density at radius 1 is 1.58 bits per heavy atom. The molecule has 6 nitrogen and oxygen atoms in total. The standard InChI is InChI=1S/C12H18N4O2S/c1-16-9-14-12(15-16)6-13-5-10(17)7-18-8-11-3-2-4-19-11/h2-4,9-10,13,17H,5-8H2,1H3. The first-order valence-electron chi connectivity index (χ1n) is 6.07. The maximum Gasteiger partial charge on any atom is 0.164 e. The minimum Gasteiger partial charge on any atom is -0.389 e. The summed E-state index contributed by atoms with van der Waals surface area (Å²) in [6, 6.07) is 4.00. The van der Waals surface area contributed by atoms with Crippen LogP contribution in [-0.2, 0) is 24.9 Å². The van der Waals surface area contributed by atoms with Gasteiger partial charge in [-0.25, -0.2) is 4.98 Å². The van der Waals surface area contributed by atoms with Crippen LogP contribution in [0.5, 0.6) is 0 Å². The zero-order valence-corrected chi connectivity index (χ0v) is 11.6. The summed E-state index contributed by atoms with van der Waals surface area (Å²) in [6.07, 6.45) is 1.13. The van der Waals surface area contributed by atoms with Crippen molar-refractivity contribution >= 4 is 11.3 Å². The molecular formula is C12H18N4O2S. The minimum absolute atomic E-state index is 0.320.